The first kappa shape index (κ1) is 20.6. The number of hydrogen-bond donors (Lipinski definition) is 1. The van der Waals surface area contributed by atoms with E-state index in [9.17, 15) is 18.4 Å². The lowest BCUT2D eigenvalue weighted by molar-refractivity contribution is -0.138. The molecule has 138 valence electrons. The Kier molecular flexibility index (Phi) is 8.37. The number of hydrogen-bond acceptors (Lipinski definition) is 7. The van der Waals surface area contributed by atoms with Crippen molar-refractivity contribution in [3.05, 3.63) is 12.2 Å². The third kappa shape index (κ3) is 6.58. The second-order valence-corrected chi connectivity index (χ2v) is 6.61. The molecule has 0 radical (unpaired) electrons. The van der Waals surface area contributed by atoms with Crippen LogP contribution in [-0.2, 0) is 29.8 Å². The van der Waals surface area contributed by atoms with Crippen LogP contribution in [0, 0.1) is 11.8 Å². The van der Waals surface area contributed by atoms with Gasteiger partial charge >= 0.3 is 12.1 Å². The summed E-state index contributed by atoms with van der Waals surface area (Å²) in [5, 5.41) is 2.46. The summed E-state index contributed by atoms with van der Waals surface area (Å²) in [7, 11) is 0. The number of carbonyl (C=O) groups is 2. The average molecular weight is 362 g/mol. The molecule has 5 unspecified atom stereocenters. The van der Waals surface area contributed by atoms with Crippen molar-refractivity contribution in [2.75, 3.05) is 13.2 Å². The van der Waals surface area contributed by atoms with Crippen LogP contribution >= 0.6 is 0 Å². The minimum Gasteiger partial charge on any atom is -0.750 e. The van der Waals surface area contributed by atoms with Crippen molar-refractivity contribution in [3.63, 3.8) is 0 Å². The molecule has 0 aromatic heterocycles. The smallest absolute Gasteiger partial charge is 0.407 e. The van der Waals surface area contributed by atoms with Gasteiger partial charge in [0.2, 0.25) is 0 Å². The molecule has 1 rings (SSSR count). The SMILES string of the molecule is C=C(C)C(=O)OCCNC(=O)OC1C(C)CCC(C)C1OS(=O)[O-]. The van der Waals surface area contributed by atoms with Gasteiger partial charge in [-0.05, 0) is 31.6 Å². The zero-order chi connectivity index (χ0) is 18.3. The first-order chi connectivity index (χ1) is 11.2. The van der Waals surface area contributed by atoms with Crippen molar-refractivity contribution in [1.29, 1.82) is 0 Å². The predicted molar refractivity (Wildman–Crippen MR) is 85.4 cm³/mol. The number of ether oxygens (including phenoxy) is 2. The third-order valence-corrected chi connectivity index (χ3v) is 4.29. The van der Waals surface area contributed by atoms with Crippen LogP contribution in [0.5, 0.6) is 0 Å². The van der Waals surface area contributed by atoms with Crippen molar-refractivity contribution in [3.8, 4) is 0 Å². The highest BCUT2D eigenvalue weighted by molar-refractivity contribution is 7.74. The molecule has 0 spiro atoms. The summed E-state index contributed by atoms with van der Waals surface area (Å²) < 4.78 is 36.8. The Labute approximate surface area is 144 Å². The topological polar surface area (TPSA) is 114 Å². The Morgan fingerprint density at radius 3 is 2.38 bits per heavy atom. The van der Waals surface area contributed by atoms with Gasteiger partial charge in [0.05, 0.1) is 17.9 Å². The third-order valence-electron chi connectivity index (χ3n) is 3.91. The maximum atomic E-state index is 11.9. The molecule has 1 aliphatic rings. The first-order valence-electron chi connectivity index (χ1n) is 7.75. The van der Waals surface area contributed by atoms with Crippen molar-refractivity contribution in [2.45, 2.75) is 45.8 Å². The molecule has 1 aliphatic carbocycles. The second-order valence-electron chi connectivity index (χ2n) is 6.01. The summed E-state index contributed by atoms with van der Waals surface area (Å²) in [5.41, 5.74) is 0.271. The molecule has 0 aromatic carbocycles. The van der Waals surface area contributed by atoms with E-state index >= 15 is 0 Å². The molecule has 0 heterocycles. The van der Waals surface area contributed by atoms with Crippen LogP contribution in [0.3, 0.4) is 0 Å². The number of alkyl carbamates (subject to hydrolysis) is 1. The Morgan fingerprint density at radius 2 is 1.83 bits per heavy atom. The maximum absolute atomic E-state index is 11.9. The molecule has 1 saturated carbocycles. The van der Waals surface area contributed by atoms with E-state index in [1.807, 2.05) is 13.8 Å². The van der Waals surface area contributed by atoms with Crippen LogP contribution in [0.2, 0.25) is 0 Å². The largest absolute Gasteiger partial charge is 0.750 e. The fourth-order valence-corrected chi connectivity index (χ4v) is 2.99. The summed E-state index contributed by atoms with van der Waals surface area (Å²) in [4.78, 5) is 23.1. The van der Waals surface area contributed by atoms with Gasteiger partial charge in [0.15, 0.2) is 0 Å². The predicted octanol–water partition coefficient (Wildman–Crippen LogP) is 1.45. The highest BCUT2D eigenvalue weighted by atomic mass is 32.2. The molecule has 0 aromatic rings. The van der Waals surface area contributed by atoms with Gasteiger partial charge in [0.25, 0.3) is 0 Å². The molecule has 9 heteroatoms. The molecule has 0 saturated heterocycles. The molecule has 24 heavy (non-hydrogen) atoms. The molecule has 1 amide bonds. The van der Waals surface area contributed by atoms with Crippen LogP contribution in [-0.4, -0.2) is 46.2 Å². The maximum Gasteiger partial charge on any atom is 0.407 e. The fraction of sp³-hybridized carbons (Fsp3) is 0.733. The normalized spacial score (nSPS) is 27.8. The van der Waals surface area contributed by atoms with Crippen LogP contribution in [0.25, 0.3) is 0 Å². The monoisotopic (exact) mass is 362 g/mol. The molecule has 8 nitrogen and oxygen atoms in total. The first-order valence-corrected chi connectivity index (χ1v) is 8.75. The van der Waals surface area contributed by atoms with Gasteiger partial charge in [-0.3, -0.25) is 4.18 Å². The summed E-state index contributed by atoms with van der Waals surface area (Å²) >= 11 is -2.68. The quantitative estimate of drug-likeness (QED) is 0.315. The molecule has 0 aliphatic heterocycles. The summed E-state index contributed by atoms with van der Waals surface area (Å²) in [6, 6.07) is 0. The molecule has 1 N–H and O–H groups in total. The van der Waals surface area contributed by atoms with Crippen LogP contribution in [0.1, 0.15) is 33.6 Å². The standard InChI is InChI=1S/C15H25NO7S/c1-9(2)14(17)21-8-7-16-15(18)22-12-10(3)5-6-11(4)13(12)23-24(19)20/h10-13H,1,5-8H2,2-4H3,(H,16,18)(H,19,20)/p-1. The van der Waals surface area contributed by atoms with Gasteiger partial charge in [-0.25, -0.2) is 13.8 Å². The zero-order valence-electron chi connectivity index (χ0n) is 14.1. The highest BCUT2D eigenvalue weighted by Gasteiger charge is 2.39. The molecular weight excluding hydrogens is 338 g/mol. The summed E-state index contributed by atoms with van der Waals surface area (Å²) in [6.07, 6.45) is -0.483. The molecule has 5 atom stereocenters. The number of esters is 1. The number of amides is 1. The average Bonchev–Trinajstić information content (AvgIpc) is 2.50. The van der Waals surface area contributed by atoms with Crippen molar-refractivity contribution in [1.82, 2.24) is 5.32 Å². The minimum absolute atomic E-state index is 0.0120. The Bertz CT molecular complexity index is 496. The minimum atomic E-state index is -2.68. The van der Waals surface area contributed by atoms with Gasteiger partial charge in [0.1, 0.15) is 18.8 Å². The second kappa shape index (κ2) is 9.75. The molecule has 0 bridgehead atoms. The molecular formula is C15H24NO7S-. The van der Waals surface area contributed by atoms with E-state index in [1.165, 1.54) is 6.92 Å². The Balaban J connectivity index is 2.48. The van der Waals surface area contributed by atoms with Gasteiger partial charge in [-0.2, -0.15) is 0 Å². The Morgan fingerprint density at radius 1 is 1.25 bits per heavy atom. The van der Waals surface area contributed by atoms with E-state index in [4.69, 9.17) is 13.7 Å². The van der Waals surface area contributed by atoms with Crippen molar-refractivity contribution in [2.24, 2.45) is 11.8 Å². The van der Waals surface area contributed by atoms with Crippen LogP contribution in [0.4, 0.5) is 4.79 Å². The van der Waals surface area contributed by atoms with Gasteiger partial charge < -0.3 is 19.3 Å². The zero-order valence-corrected chi connectivity index (χ0v) is 14.9. The van der Waals surface area contributed by atoms with Crippen molar-refractivity contribution >= 4 is 23.4 Å². The van der Waals surface area contributed by atoms with Crippen molar-refractivity contribution < 1.29 is 32.0 Å². The lowest BCUT2D eigenvalue weighted by Gasteiger charge is -2.39. The Hall–Kier alpha value is -1.45. The van der Waals surface area contributed by atoms with E-state index in [1.54, 1.807) is 0 Å². The van der Waals surface area contributed by atoms with Gasteiger partial charge in [0, 0.05) is 5.57 Å². The van der Waals surface area contributed by atoms with E-state index in [2.05, 4.69) is 11.9 Å². The van der Waals surface area contributed by atoms with E-state index < -0.39 is 35.6 Å². The number of rotatable bonds is 7. The summed E-state index contributed by atoms with van der Waals surface area (Å²) in [6.45, 7) is 8.76. The summed E-state index contributed by atoms with van der Waals surface area (Å²) in [5.74, 6) is -0.610. The van der Waals surface area contributed by atoms with Gasteiger partial charge in [-0.1, -0.05) is 20.4 Å². The lowest BCUT2D eigenvalue weighted by atomic mass is 9.79. The lowest BCUT2D eigenvalue weighted by Crippen LogP contribution is -2.47. The van der Waals surface area contributed by atoms with Crippen LogP contribution < -0.4 is 5.32 Å². The van der Waals surface area contributed by atoms with E-state index in [0.717, 1.165) is 12.8 Å². The fourth-order valence-electron chi connectivity index (χ4n) is 2.51. The highest BCUT2D eigenvalue weighted by Crippen LogP contribution is 2.33. The molecule has 1 fully saturated rings. The van der Waals surface area contributed by atoms with E-state index in [0.29, 0.717) is 0 Å². The van der Waals surface area contributed by atoms with E-state index in [-0.39, 0.29) is 30.6 Å². The van der Waals surface area contributed by atoms with Crippen LogP contribution in [0.15, 0.2) is 12.2 Å². The number of carbonyl (C=O) groups excluding carboxylic acids is 2. The number of nitrogens with one attached hydrogen (secondary N) is 1. The van der Waals surface area contributed by atoms with Gasteiger partial charge in [-0.15, -0.1) is 0 Å².